The van der Waals surface area contributed by atoms with Crippen molar-refractivity contribution in [2.24, 2.45) is 5.92 Å². The Balaban J connectivity index is 1.52. The van der Waals surface area contributed by atoms with Gasteiger partial charge in [-0.25, -0.2) is 0 Å². The van der Waals surface area contributed by atoms with Gasteiger partial charge in [0.2, 0.25) is 0 Å². The molecule has 1 heterocycles. The van der Waals surface area contributed by atoms with E-state index in [-0.39, 0.29) is 11.9 Å². The van der Waals surface area contributed by atoms with Gasteiger partial charge in [0.1, 0.15) is 6.04 Å². The maximum Gasteiger partial charge on any atom is 0.275 e. The van der Waals surface area contributed by atoms with E-state index in [0.29, 0.717) is 12.5 Å². The first-order chi connectivity index (χ1) is 11.8. The van der Waals surface area contributed by atoms with E-state index < -0.39 is 0 Å². The summed E-state index contributed by atoms with van der Waals surface area (Å²) >= 11 is 1.75. The van der Waals surface area contributed by atoms with Gasteiger partial charge in [0.25, 0.3) is 5.91 Å². The summed E-state index contributed by atoms with van der Waals surface area (Å²) in [6.07, 6.45) is 6.54. The molecule has 1 amide bonds. The lowest BCUT2D eigenvalue weighted by Gasteiger charge is -2.21. The van der Waals surface area contributed by atoms with Gasteiger partial charge in [0.15, 0.2) is 6.54 Å². The van der Waals surface area contributed by atoms with Gasteiger partial charge < -0.3 is 10.6 Å². The molecule has 3 N–H and O–H groups in total. The van der Waals surface area contributed by atoms with Crippen LogP contribution in [-0.2, 0) is 4.79 Å². The van der Waals surface area contributed by atoms with Gasteiger partial charge in [0.05, 0.1) is 4.88 Å². The highest BCUT2D eigenvalue weighted by Crippen LogP contribution is 2.23. The second-order valence-electron chi connectivity index (χ2n) is 6.65. The highest BCUT2D eigenvalue weighted by Gasteiger charge is 2.20. The summed E-state index contributed by atoms with van der Waals surface area (Å²) in [7, 11) is 0. The zero-order chi connectivity index (χ0) is 16.6. The minimum absolute atomic E-state index is 0.151. The predicted molar refractivity (Wildman–Crippen MR) is 99.0 cm³/mol. The Hall–Kier alpha value is -1.65. The Morgan fingerprint density at radius 3 is 2.62 bits per heavy atom. The molecule has 3 rings (SSSR count). The molecular weight excluding hydrogens is 316 g/mol. The molecule has 1 aromatic heterocycles. The van der Waals surface area contributed by atoms with Crippen LogP contribution < -0.4 is 10.6 Å². The first-order valence-corrected chi connectivity index (χ1v) is 9.89. The zero-order valence-corrected chi connectivity index (χ0v) is 14.9. The van der Waals surface area contributed by atoms with Crippen LogP contribution in [-0.4, -0.2) is 19.0 Å². The molecular formula is C20H27N2OS+. The highest BCUT2D eigenvalue weighted by molar-refractivity contribution is 7.10. The summed E-state index contributed by atoms with van der Waals surface area (Å²) < 4.78 is 0. The number of thiophene rings is 1. The van der Waals surface area contributed by atoms with Crippen molar-refractivity contribution in [1.29, 1.82) is 0 Å². The van der Waals surface area contributed by atoms with Gasteiger partial charge in [-0.3, -0.25) is 4.79 Å². The molecule has 24 heavy (non-hydrogen) atoms. The molecule has 0 radical (unpaired) electrons. The van der Waals surface area contributed by atoms with Crippen LogP contribution >= 0.6 is 11.3 Å². The van der Waals surface area contributed by atoms with Crippen LogP contribution in [0.4, 0.5) is 0 Å². The lowest BCUT2D eigenvalue weighted by molar-refractivity contribution is -0.676. The van der Waals surface area contributed by atoms with Crippen molar-refractivity contribution in [2.75, 3.05) is 13.1 Å². The van der Waals surface area contributed by atoms with Gasteiger partial charge >= 0.3 is 0 Å². The number of hydrogen-bond acceptors (Lipinski definition) is 2. The Morgan fingerprint density at radius 2 is 1.92 bits per heavy atom. The lowest BCUT2D eigenvalue weighted by Crippen LogP contribution is -2.87. The number of carbonyl (C=O) groups excluding carboxylic acids is 1. The Bertz CT molecular complexity index is 606. The Labute approximate surface area is 148 Å². The molecule has 4 heteroatoms. The maximum atomic E-state index is 12.3. The van der Waals surface area contributed by atoms with Crippen LogP contribution in [0.15, 0.2) is 47.8 Å². The number of rotatable bonds is 7. The van der Waals surface area contributed by atoms with Gasteiger partial charge in [-0.2, -0.15) is 0 Å². The molecule has 1 atom stereocenters. The van der Waals surface area contributed by atoms with Crippen molar-refractivity contribution in [1.82, 2.24) is 5.32 Å². The second-order valence-corrected chi connectivity index (χ2v) is 7.63. The molecule has 0 unspecified atom stereocenters. The third-order valence-electron chi connectivity index (χ3n) is 4.86. The summed E-state index contributed by atoms with van der Waals surface area (Å²) in [6, 6.07) is 14.9. The smallest absolute Gasteiger partial charge is 0.275 e. The summed E-state index contributed by atoms with van der Waals surface area (Å²) in [5, 5.41) is 7.39. The van der Waals surface area contributed by atoms with E-state index >= 15 is 0 Å². The van der Waals surface area contributed by atoms with Crippen LogP contribution in [0.25, 0.3) is 0 Å². The quantitative estimate of drug-likeness (QED) is 0.797. The number of amides is 1. The minimum atomic E-state index is 0.151. The second kappa shape index (κ2) is 9.00. The fraction of sp³-hybridized carbons (Fsp3) is 0.450. The SMILES string of the molecule is O=C(C[NH2+][C@@H](c1ccccc1)c1cccs1)NCC1CCCCC1. The lowest BCUT2D eigenvalue weighted by atomic mass is 9.89. The van der Waals surface area contributed by atoms with E-state index in [1.807, 2.05) is 6.07 Å². The molecule has 1 aliphatic carbocycles. The number of carbonyl (C=O) groups is 1. The summed E-state index contributed by atoms with van der Waals surface area (Å²) in [6.45, 7) is 1.33. The van der Waals surface area contributed by atoms with Crippen molar-refractivity contribution in [3.63, 3.8) is 0 Å². The molecule has 0 saturated heterocycles. The summed E-state index contributed by atoms with van der Waals surface area (Å²) in [5.74, 6) is 0.836. The topological polar surface area (TPSA) is 45.7 Å². The van der Waals surface area contributed by atoms with Crippen molar-refractivity contribution < 1.29 is 10.1 Å². The van der Waals surface area contributed by atoms with Crippen molar-refractivity contribution >= 4 is 17.2 Å². The third kappa shape index (κ3) is 4.92. The predicted octanol–water partition coefficient (Wildman–Crippen LogP) is 3.10. The van der Waals surface area contributed by atoms with Gasteiger partial charge in [-0.1, -0.05) is 55.7 Å². The number of hydrogen-bond donors (Lipinski definition) is 2. The van der Waals surface area contributed by atoms with E-state index in [0.717, 1.165) is 6.54 Å². The molecule has 1 fully saturated rings. The third-order valence-corrected chi connectivity index (χ3v) is 5.82. The van der Waals surface area contributed by atoms with E-state index in [1.54, 1.807) is 11.3 Å². The van der Waals surface area contributed by atoms with Crippen LogP contribution in [0.2, 0.25) is 0 Å². The summed E-state index contributed by atoms with van der Waals surface area (Å²) in [5.41, 5.74) is 1.25. The monoisotopic (exact) mass is 343 g/mol. The maximum absolute atomic E-state index is 12.3. The normalized spacial score (nSPS) is 16.7. The number of benzene rings is 1. The van der Waals surface area contributed by atoms with E-state index in [4.69, 9.17) is 0 Å². The molecule has 2 aromatic rings. The number of nitrogens with one attached hydrogen (secondary N) is 1. The summed E-state index contributed by atoms with van der Waals surface area (Å²) in [4.78, 5) is 13.5. The van der Waals surface area contributed by atoms with Crippen molar-refractivity contribution in [3.8, 4) is 0 Å². The van der Waals surface area contributed by atoms with Gasteiger partial charge in [-0.15, -0.1) is 11.3 Å². The first kappa shape index (κ1) is 17.2. The van der Waals surface area contributed by atoms with Gasteiger partial charge in [0, 0.05) is 12.1 Å². The molecule has 1 aliphatic rings. The van der Waals surface area contributed by atoms with Crippen LogP contribution in [0.5, 0.6) is 0 Å². The molecule has 0 bridgehead atoms. The van der Waals surface area contributed by atoms with E-state index in [2.05, 4.69) is 52.4 Å². The molecule has 1 aromatic carbocycles. The van der Waals surface area contributed by atoms with Crippen molar-refractivity contribution in [3.05, 3.63) is 58.3 Å². The van der Waals surface area contributed by atoms with E-state index in [9.17, 15) is 4.79 Å². The Kier molecular flexibility index (Phi) is 6.44. The fourth-order valence-corrected chi connectivity index (χ4v) is 4.34. The van der Waals surface area contributed by atoms with Gasteiger partial charge in [-0.05, 0) is 30.2 Å². The number of quaternary nitrogens is 1. The molecule has 1 saturated carbocycles. The minimum Gasteiger partial charge on any atom is -0.351 e. The molecule has 0 spiro atoms. The van der Waals surface area contributed by atoms with Crippen LogP contribution in [0.1, 0.15) is 48.6 Å². The molecule has 0 aliphatic heterocycles. The zero-order valence-electron chi connectivity index (χ0n) is 14.1. The van der Waals surface area contributed by atoms with Crippen molar-refractivity contribution in [2.45, 2.75) is 38.1 Å². The van der Waals surface area contributed by atoms with Crippen LogP contribution in [0, 0.1) is 5.92 Å². The fourth-order valence-electron chi connectivity index (χ4n) is 3.49. The first-order valence-electron chi connectivity index (χ1n) is 9.01. The number of nitrogens with two attached hydrogens (primary N) is 1. The largest absolute Gasteiger partial charge is 0.351 e. The Morgan fingerprint density at radius 1 is 1.12 bits per heavy atom. The van der Waals surface area contributed by atoms with Crippen LogP contribution in [0.3, 0.4) is 0 Å². The standard InChI is InChI=1S/C20H26N2OS/c23-19(21-14-16-8-3-1-4-9-16)15-22-20(18-12-7-13-24-18)17-10-5-2-6-11-17/h2,5-7,10-13,16,20,22H,1,3-4,8-9,14-15H2,(H,21,23)/p+1/t20-/m0/s1. The van der Waals surface area contributed by atoms with E-state index in [1.165, 1.54) is 42.5 Å². The average Bonchev–Trinajstić information content (AvgIpc) is 3.16. The average molecular weight is 344 g/mol. The molecule has 128 valence electrons. The molecule has 3 nitrogen and oxygen atoms in total. The highest BCUT2D eigenvalue weighted by atomic mass is 32.1.